The van der Waals surface area contributed by atoms with E-state index in [9.17, 15) is 9.59 Å². The molecule has 1 aromatic heterocycles. The van der Waals surface area contributed by atoms with E-state index in [1.165, 1.54) is 15.9 Å². The summed E-state index contributed by atoms with van der Waals surface area (Å²) in [6.07, 6.45) is 1.83. The number of aromatic nitrogens is 1. The van der Waals surface area contributed by atoms with Crippen LogP contribution in [0.15, 0.2) is 69.6 Å². The number of methoxy groups -OCH3 is 2. The molecule has 3 aromatic rings. The molecule has 0 spiro atoms. The molecule has 0 saturated heterocycles. The van der Waals surface area contributed by atoms with E-state index in [0.29, 0.717) is 37.7 Å². The largest absolute Gasteiger partial charge is 0.497 e. The van der Waals surface area contributed by atoms with Gasteiger partial charge in [-0.2, -0.15) is 0 Å². The number of carbonyl (C=O) groups excluding carboxylic acids is 1. The third kappa shape index (κ3) is 4.21. The average molecular weight is 465 g/mol. The number of thiazole rings is 1. The lowest BCUT2D eigenvalue weighted by atomic mass is 9.94. The van der Waals surface area contributed by atoms with E-state index in [1.54, 1.807) is 46.3 Å². The molecule has 0 fully saturated rings. The quantitative estimate of drug-likeness (QED) is 0.524. The smallest absolute Gasteiger partial charge is 0.338 e. The van der Waals surface area contributed by atoms with Gasteiger partial charge in [0, 0.05) is 5.56 Å². The number of nitrogens with zero attached hydrogens (tertiary/aromatic N) is 2. The van der Waals surface area contributed by atoms with Crippen LogP contribution in [0.2, 0.25) is 0 Å². The second kappa shape index (κ2) is 9.46. The first-order valence-electron chi connectivity index (χ1n) is 10.4. The predicted molar refractivity (Wildman–Crippen MR) is 126 cm³/mol. The Kier molecular flexibility index (Phi) is 6.46. The Morgan fingerprint density at radius 2 is 1.91 bits per heavy atom. The van der Waals surface area contributed by atoms with Gasteiger partial charge in [-0.1, -0.05) is 41.7 Å². The molecule has 1 atom stereocenters. The van der Waals surface area contributed by atoms with Crippen LogP contribution in [0.1, 0.15) is 31.0 Å². The molecule has 7 nitrogen and oxygen atoms in total. The Morgan fingerprint density at radius 1 is 1.15 bits per heavy atom. The molecule has 2 aromatic carbocycles. The average Bonchev–Trinajstić information content (AvgIpc) is 3.12. The van der Waals surface area contributed by atoms with Crippen molar-refractivity contribution in [1.29, 1.82) is 0 Å². The zero-order valence-electron chi connectivity index (χ0n) is 18.8. The van der Waals surface area contributed by atoms with Crippen LogP contribution in [0.5, 0.6) is 11.5 Å². The van der Waals surface area contributed by atoms with Gasteiger partial charge in [0.1, 0.15) is 17.5 Å². The summed E-state index contributed by atoms with van der Waals surface area (Å²) in [5, 5.41) is 0. The van der Waals surface area contributed by atoms with Crippen LogP contribution in [0.3, 0.4) is 0 Å². The number of ether oxygens (including phenoxy) is 3. The van der Waals surface area contributed by atoms with Crippen LogP contribution in [0.25, 0.3) is 6.08 Å². The van der Waals surface area contributed by atoms with Gasteiger partial charge in [-0.25, -0.2) is 9.79 Å². The van der Waals surface area contributed by atoms with Crippen molar-refractivity contribution < 1.29 is 19.0 Å². The minimum atomic E-state index is -0.775. The SMILES string of the molecule is CCOC(=O)C1=C(C)N=c2s/c(=C\c3ccccc3)c(=O)n2C1c1cc(OC)ccc1OC. The van der Waals surface area contributed by atoms with Crippen molar-refractivity contribution in [2.45, 2.75) is 19.9 Å². The minimum absolute atomic E-state index is 0.204. The Balaban J connectivity index is 2.02. The molecule has 1 aliphatic heterocycles. The highest BCUT2D eigenvalue weighted by Crippen LogP contribution is 2.37. The van der Waals surface area contributed by atoms with Crippen LogP contribution in [-0.2, 0) is 9.53 Å². The number of hydrogen-bond donors (Lipinski definition) is 0. The zero-order valence-corrected chi connectivity index (χ0v) is 19.6. The van der Waals surface area contributed by atoms with Crippen molar-refractivity contribution in [3.8, 4) is 11.5 Å². The molecular formula is C25H24N2O5S. The molecule has 170 valence electrons. The van der Waals surface area contributed by atoms with E-state index in [0.717, 1.165) is 5.56 Å². The van der Waals surface area contributed by atoms with Crippen LogP contribution >= 0.6 is 11.3 Å². The van der Waals surface area contributed by atoms with Gasteiger partial charge in [-0.3, -0.25) is 9.36 Å². The normalized spacial score (nSPS) is 15.6. The number of esters is 1. The molecule has 1 unspecified atom stereocenters. The van der Waals surface area contributed by atoms with Crippen LogP contribution in [-0.4, -0.2) is 31.4 Å². The standard InChI is InChI=1S/C25H24N2O5S/c1-5-32-24(29)21-15(2)26-25-27(22(21)18-14-17(30-3)11-12-19(18)31-4)23(28)20(33-25)13-16-9-7-6-8-10-16/h6-14,22H,5H2,1-4H3/b20-13-. The lowest BCUT2D eigenvalue weighted by Crippen LogP contribution is -2.40. The molecule has 0 aliphatic carbocycles. The van der Waals surface area contributed by atoms with Gasteiger partial charge in [0.2, 0.25) is 0 Å². The molecular weight excluding hydrogens is 440 g/mol. The summed E-state index contributed by atoms with van der Waals surface area (Å²) in [7, 11) is 3.11. The molecule has 1 aliphatic rings. The van der Waals surface area contributed by atoms with Crippen molar-refractivity contribution >= 4 is 23.4 Å². The van der Waals surface area contributed by atoms with Gasteiger partial charge >= 0.3 is 5.97 Å². The van der Waals surface area contributed by atoms with Crippen LogP contribution < -0.4 is 24.4 Å². The highest BCUT2D eigenvalue weighted by atomic mass is 32.1. The Bertz CT molecular complexity index is 1400. The first kappa shape index (κ1) is 22.5. The van der Waals surface area contributed by atoms with E-state index in [1.807, 2.05) is 36.4 Å². The van der Waals surface area contributed by atoms with Crippen LogP contribution in [0, 0.1) is 0 Å². The van der Waals surface area contributed by atoms with Gasteiger partial charge in [0.25, 0.3) is 5.56 Å². The molecule has 0 bridgehead atoms. The number of allylic oxidation sites excluding steroid dienone is 1. The third-order valence-electron chi connectivity index (χ3n) is 5.35. The molecule has 0 amide bonds. The summed E-state index contributed by atoms with van der Waals surface area (Å²) in [5.41, 5.74) is 2.06. The topological polar surface area (TPSA) is 79.1 Å². The molecule has 0 radical (unpaired) electrons. The number of fused-ring (bicyclic) bond motifs is 1. The van der Waals surface area contributed by atoms with E-state index in [-0.39, 0.29) is 12.2 Å². The summed E-state index contributed by atoms with van der Waals surface area (Å²) in [6.45, 7) is 3.69. The van der Waals surface area contributed by atoms with Gasteiger partial charge < -0.3 is 14.2 Å². The van der Waals surface area contributed by atoms with Gasteiger partial charge in [0.05, 0.1) is 36.6 Å². The summed E-state index contributed by atoms with van der Waals surface area (Å²) >= 11 is 1.28. The van der Waals surface area contributed by atoms with Gasteiger partial charge in [0.15, 0.2) is 4.80 Å². The van der Waals surface area contributed by atoms with Gasteiger partial charge in [-0.15, -0.1) is 0 Å². The van der Waals surface area contributed by atoms with E-state index < -0.39 is 12.0 Å². The maximum atomic E-state index is 13.6. The monoisotopic (exact) mass is 464 g/mol. The summed E-state index contributed by atoms with van der Waals surface area (Å²) in [5.74, 6) is 0.580. The number of hydrogen-bond acceptors (Lipinski definition) is 7. The molecule has 4 rings (SSSR count). The Hall–Kier alpha value is -3.65. The Labute approximate surface area is 194 Å². The molecule has 0 N–H and O–H groups in total. The third-order valence-corrected chi connectivity index (χ3v) is 6.33. The van der Waals surface area contributed by atoms with E-state index in [4.69, 9.17) is 14.2 Å². The Morgan fingerprint density at radius 3 is 2.58 bits per heavy atom. The second-order valence-corrected chi connectivity index (χ2v) is 8.33. The van der Waals surface area contributed by atoms with E-state index in [2.05, 4.69) is 4.99 Å². The molecule has 0 saturated carbocycles. The predicted octanol–water partition coefficient (Wildman–Crippen LogP) is 2.82. The lowest BCUT2D eigenvalue weighted by Gasteiger charge is -2.26. The summed E-state index contributed by atoms with van der Waals surface area (Å²) in [6, 6.07) is 14.1. The number of rotatable bonds is 6. The fourth-order valence-electron chi connectivity index (χ4n) is 3.84. The molecule has 33 heavy (non-hydrogen) atoms. The molecule has 2 heterocycles. The van der Waals surface area contributed by atoms with Crippen molar-refractivity contribution in [3.63, 3.8) is 0 Å². The maximum Gasteiger partial charge on any atom is 0.338 e. The highest BCUT2D eigenvalue weighted by molar-refractivity contribution is 7.07. The first-order valence-corrected chi connectivity index (χ1v) is 11.3. The van der Waals surface area contributed by atoms with Crippen molar-refractivity contribution in [1.82, 2.24) is 4.57 Å². The van der Waals surface area contributed by atoms with Gasteiger partial charge in [-0.05, 0) is 43.7 Å². The van der Waals surface area contributed by atoms with Crippen LogP contribution in [0.4, 0.5) is 0 Å². The van der Waals surface area contributed by atoms with Crippen molar-refractivity contribution in [2.24, 2.45) is 4.99 Å². The fourth-order valence-corrected chi connectivity index (χ4v) is 4.89. The van der Waals surface area contributed by atoms with Crippen molar-refractivity contribution in [2.75, 3.05) is 20.8 Å². The zero-order chi connectivity index (χ0) is 23.5. The number of benzene rings is 2. The lowest BCUT2D eigenvalue weighted by molar-refractivity contribution is -0.139. The number of carbonyl (C=O) groups is 1. The second-order valence-electron chi connectivity index (χ2n) is 7.32. The fraction of sp³-hybridized carbons (Fsp3) is 0.240. The first-order chi connectivity index (χ1) is 16.0. The summed E-state index contributed by atoms with van der Waals surface area (Å²) < 4.78 is 18.4. The van der Waals surface area contributed by atoms with E-state index >= 15 is 0 Å². The summed E-state index contributed by atoms with van der Waals surface area (Å²) in [4.78, 5) is 31.8. The van der Waals surface area contributed by atoms with Crippen molar-refractivity contribution in [3.05, 3.63) is 90.6 Å². The highest BCUT2D eigenvalue weighted by Gasteiger charge is 2.35. The maximum absolute atomic E-state index is 13.6. The minimum Gasteiger partial charge on any atom is -0.497 e. The molecule has 8 heteroatoms.